The van der Waals surface area contributed by atoms with E-state index in [0.29, 0.717) is 13.1 Å². The molecule has 0 radical (unpaired) electrons. The molecule has 102 valence electrons. The van der Waals surface area contributed by atoms with Crippen LogP contribution in [0.5, 0.6) is 0 Å². The Hall–Kier alpha value is 0.120. The first kappa shape index (κ1) is 15.2. The minimum absolute atomic E-state index is 0. The summed E-state index contributed by atoms with van der Waals surface area (Å²) in [6, 6.07) is 0.161. The number of rotatable bonds is 3. The van der Waals surface area contributed by atoms with Crippen molar-refractivity contribution in [2.45, 2.75) is 38.1 Å². The van der Waals surface area contributed by atoms with Crippen molar-refractivity contribution in [1.29, 1.82) is 0 Å². The molecule has 0 atom stereocenters. The molecular weight excluding hydrogens is 262 g/mol. The van der Waals surface area contributed by atoms with Crippen molar-refractivity contribution < 1.29 is 8.42 Å². The molecule has 1 aliphatic heterocycles. The van der Waals surface area contributed by atoms with Crippen LogP contribution in [0.1, 0.15) is 32.1 Å². The SMILES string of the molecule is Cl.O=S(=O)(NC1CCCCC1)N1CCNCC1. The van der Waals surface area contributed by atoms with Gasteiger partial charge in [-0.15, -0.1) is 12.4 Å². The highest BCUT2D eigenvalue weighted by Crippen LogP contribution is 2.18. The second kappa shape index (κ2) is 6.89. The molecule has 2 aliphatic rings. The van der Waals surface area contributed by atoms with Gasteiger partial charge in [0.05, 0.1) is 0 Å². The molecule has 2 fully saturated rings. The van der Waals surface area contributed by atoms with Gasteiger partial charge in [0.2, 0.25) is 0 Å². The van der Waals surface area contributed by atoms with Crippen LogP contribution in [0.2, 0.25) is 0 Å². The molecule has 2 rings (SSSR count). The Kier molecular flexibility index (Phi) is 6.16. The van der Waals surface area contributed by atoms with E-state index in [1.807, 2.05) is 0 Å². The normalized spacial score (nSPS) is 24.2. The summed E-state index contributed by atoms with van der Waals surface area (Å²) in [6.45, 7) is 2.68. The lowest BCUT2D eigenvalue weighted by atomic mass is 9.96. The lowest BCUT2D eigenvalue weighted by molar-refractivity contribution is 0.340. The number of halogens is 1. The molecule has 0 aromatic rings. The number of nitrogens with zero attached hydrogens (tertiary/aromatic N) is 1. The lowest BCUT2D eigenvalue weighted by Gasteiger charge is -2.30. The Morgan fingerprint density at radius 1 is 1.06 bits per heavy atom. The average molecular weight is 284 g/mol. The lowest BCUT2D eigenvalue weighted by Crippen LogP contribution is -2.52. The summed E-state index contributed by atoms with van der Waals surface area (Å²) < 4.78 is 28.5. The van der Waals surface area contributed by atoms with Gasteiger partial charge < -0.3 is 5.32 Å². The van der Waals surface area contributed by atoms with E-state index in [1.54, 1.807) is 4.31 Å². The first-order valence-electron chi connectivity index (χ1n) is 6.16. The van der Waals surface area contributed by atoms with Gasteiger partial charge in [-0.3, -0.25) is 0 Å². The largest absolute Gasteiger partial charge is 0.314 e. The molecule has 0 aromatic heterocycles. The van der Waals surface area contributed by atoms with Crippen molar-refractivity contribution in [3.8, 4) is 0 Å². The minimum Gasteiger partial charge on any atom is -0.314 e. The van der Waals surface area contributed by atoms with Crippen molar-refractivity contribution in [2.75, 3.05) is 26.2 Å². The van der Waals surface area contributed by atoms with E-state index in [0.717, 1.165) is 38.8 Å². The summed E-state index contributed by atoms with van der Waals surface area (Å²) in [5.74, 6) is 0. The van der Waals surface area contributed by atoms with Crippen molar-refractivity contribution in [2.24, 2.45) is 0 Å². The van der Waals surface area contributed by atoms with Gasteiger partial charge in [0, 0.05) is 32.2 Å². The van der Waals surface area contributed by atoms with E-state index in [-0.39, 0.29) is 18.4 Å². The molecule has 17 heavy (non-hydrogen) atoms. The molecule has 7 heteroatoms. The smallest absolute Gasteiger partial charge is 0.279 e. The summed E-state index contributed by atoms with van der Waals surface area (Å²) in [4.78, 5) is 0. The maximum Gasteiger partial charge on any atom is 0.279 e. The minimum atomic E-state index is -3.24. The molecule has 1 aliphatic carbocycles. The molecule has 0 amide bonds. The van der Waals surface area contributed by atoms with Gasteiger partial charge in [-0.2, -0.15) is 17.4 Å². The van der Waals surface area contributed by atoms with Crippen molar-refractivity contribution in [1.82, 2.24) is 14.3 Å². The van der Waals surface area contributed by atoms with Crippen LogP contribution in [0.25, 0.3) is 0 Å². The fraction of sp³-hybridized carbons (Fsp3) is 1.00. The molecule has 0 aromatic carbocycles. The highest BCUT2D eigenvalue weighted by molar-refractivity contribution is 7.87. The van der Waals surface area contributed by atoms with E-state index in [9.17, 15) is 8.42 Å². The third-order valence-corrected chi connectivity index (χ3v) is 5.01. The molecular formula is C10H22ClN3O2S. The van der Waals surface area contributed by atoms with E-state index in [4.69, 9.17) is 0 Å². The molecule has 0 unspecified atom stereocenters. The molecule has 0 bridgehead atoms. The fourth-order valence-electron chi connectivity index (χ4n) is 2.39. The van der Waals surface area contributed by atoms with Crippen LogP contribution in [-0.2, 0) is 10.2 Å². The van der Waals surface area contributed by atoms with Gasteiger partial charge in [0.1, 0.15) is 0 Å². The first-order chi connectivity index (χ1) is 7.68. The van der Waals surface area contributed by atoms with Gasteiger partial charge in [-0.25, -0.2) is 0 Å². The monoisotopic (exact) mass is 283 g/mol. The third-order valence-electron chi connectivity index (χ3n) is 3.34. The Morgan fingerprint density at radius 3 is 2.24 bits per heavy atom. The van der Waals surface area contributed by atoms with E-state index in [1.165, 1.54) is 6.42 Å². The summed E-state index contributed by atoms with van der Waals surface area (Å²) in [7, 11) is -3.24. The predicted molar refractivity (Wildman–Crippen MR) is 70.6 cm³/mol. The zero-order valence-electron chi connectivity index (χ0n) is 10.0. The fourth-order valence-corrected chi connectivity index (χ4v) is 3.86. The number of hydrogen-bond donors (Lipinski definition) is 2. The van der Waals surface area contributed by atoms with E-state index >= 15 is 0 Å². The molecule has 0 spiro atoms. The van der Waals surface area contributed by atoms with Crippen LogP contribution in [0.4, 0.5) is 0 Å². The molecule has 2 N–H and O–H groups in total. The molecule has 1 saturated heterocycles. The summed E-state index contributed by atoms with van der Waals surface area (Å²) in [6.07, 6.45) is 5.52. The van der Waals surface area contributed by atoms with Crippen LogP contribution in [-0.4, -0.2) is 44.9 Å². The Labute approximate surface area is 110 Å². The number of piperazine rings is 1. The van der Waals surface area contributed by atoms with Crippen molar-refractivity contribution in [3.05, 3.63) is 0 Å². The highest BCUT2D eigenvalue weighted by atomic mass is 35.5. The summed E-state index contributed by atoms with van der Waals surface area (Å²) >= 11 is 0. The van der Waals surface area contributed by atoms with Crippen LogP contribution >= 0.6 is 12.4 Å². The van der Waals surface area contributed by atoms with Crippen molar-refractivity contribution >= 4 is 22.6 Å². The van der Waals surface area contributed by atoms with Crippen LogP contribution in [0.15, 0.2) is 0 Å². The van der Waals surface area contributed by atoms with Crippen LogP contribution in [0.3, 0.4) is 0 Å². The van der Waals surface area contributed by atoms with Gasteiger partial charge in [0.25, 0.3) is 10.2 Å². The third kappa shape index (κ3) is 4.37. The first-order valence-corrected chi connectivity index (χ1v) is 7.60. The van der Waals surface area contributed by atoms with Crippen LogP contribution in [0, 0.1) is 0 Å². The van der Waals surface area contributed by atoms with Gasteiger partial charge in [-0.1, -0.05) is 19.3 Å². The molecule has 5 nitrogen and oxygen atoms in total. The molecule has 1 heterocycles. The van der Waals surface area contributed by atoms with E-state index in [2.05, 4.69) is 10.0 Å². The number of nitrogens with one attached hydrogen (secondary N) is 2. The Balaban J connectivity index is 0.00000144. The quantitative estimate of drug-likeness (QED) is 0.792. The maximum atomic E-state index is 12.0. The zero-order valence-corrected chi connectivity index (χ0v) is 11.7. The maximum absolute atomic E-state index is 12.0. The number of hydrogen-bond acceptors (Lipinski definition) is 3. The molecule has 1 saturated carbocycles. The average Bonchev–Trinajstić information content (AvgIpc) is 2.31. The van der Waals surface area contributed by atoms with Gasteiger partial charge in [-0.05, 0) is 12.8 Å². The Morgan fingerprint density at radius 2 is 1.65 bits per heavy atom. The highest BCUT2D eigenvalue weighted by Gasteiger charge is 2.27. The Bertz CT molecular complexity index is 312. The second-order valence-corrected chi connectivity index (χ2v) is 6.31. The summed E-state index contributed by atoms with van der Waals surface area (Å²) in [5.41, 5.74) is 0. The van der Waals surface area contributed by atoms with Gasteiger partial charge in [0.15, 0.2) is 0 Å². The van der Waals surface area contributed by atoms with Crippen LogP contribution < -0.4 is 10.0 Å². The van der Waals surface area contributed by atoms with Gasteiger partial charge >= 0.3 is 0 Å². The zero-order chi connectivity index (χ0) is 11.4. The standard InChI is InChI=1S/C10H21N3O2S.ClH/c14-16(15,13-8-6-11-7-9-13)12-10-4-2-1-3-5-10;/h10-12H,1-9H2;1H. The second-order valence-electron chi connectivity index (χ2n) is 4.61. The summed E-state index contributed by atoms with van der Waals surface area (Å²) in [5, 5.41) is 3.16. The van der Waals surface area contributed by atoms with Crippen molar-refractivity contribution in [3.63, 3.8) is 0 Å². The topological polar surface area (TPSA) is 61.4 Å². The predicted octanol–water partition coefficient (Wildman–Crippen LogP) is 0.480. The van der Waals surface area contributed by atoms with E-state index < -0.39 is 10.2 Å².